The zero-order chi connectivity index (χ0) is 21.3. The van der Waals surface area contributed by atoms with Gasteiger partial charge in [-0.15, -0.1) is 0 Å². The first-order valence-corrected chi connectivity index (χ1v) is 9.75. The number of carbonyl (C=O) groups excluding carboxylic acids is 1. The Hall–Kier alpha value is -3.25. The molecule has 0 spiro atoms. The Morgan fingerprint density at radius 3 is 2.03 bits per heavy atom. The third-order valence-corrected chi connectivity index (χ3v) is 5.56. The standard InChI is InChI=1S/C24H21F2NO3/c25-17-5-1-15(2-6-17)22(29)14-13-21-23(16-3-11-20(28)12-4-16)27(24(21)30)19-9-7-18(26)8-10-19/h1-12,21-23,28-29H,13-14H2/t21?,22-,23?/m0/s1. The van der Waals surface area contributed by atoms with Crippen LogP contribution in [-0.4, -0.2) is 16.1 Å². The summed E-state index contributed by atoms with van der Waals surface area (Å²) in [5.74, 6) is -1.10. The van der Waals surface area contributed by atoms with Crippen LogP contribution < -0.4 is 4.90 Å². The minimum absolute atomic E-state index is 0.106. The molecular formula is C24H21F2NO3. The number of phenols is 1. The van der Waals surface area contributed by atoms with Gasteiger partial charge in [0.2, 0.25) is 5.91 Å². The van der Waals surface area contributed by atoms with E-state index in [0.717, 1.165) is 5.56 Å². The van der Waals surface area contributed by atoms with Crippen LogP contribution in [0, 0.1) is 17.6 Å². The van der Waals surface area contributed by atoms with Gasteiger partial charge in [0, 0.05) is 5.69 Å². The van der Waals surface area contributed by atoms with Crippen molar-refractivity contribution in [3.63, 3.8) is 0 Å². The second kappa shape index (κ2) is 8.24. The van der Waals surface area contributed by atoms with Gasteiger partial charge < -0.3 is 15.1 Å². The third-order valence-electron chi connectivity index (χ3n) is 5.56. The lowest BCUT2D eigenvalue weighted by atomic mass is 9.78. The number of anilines is 1. The number of benzene rings is 3. The second-order valence-electron chi connectivity index (χ2n) is 7.47. The fourth-order valence-electron chi connectivity index (χ4n) is 3.96. The van der Waals surface area contributed by atoms with Gasteiger partial charge in [0.05, 0.1) is 18.1 Å². The van der Waals surface area contributed by atoms with Crippen LogP contribution in [0.15, 0.2) is 72.8 Å². The molecule has 0 radical (unpaired) electrons. The van der Waals surface area contributed by atoms with E-state index in [2.05, 4.69) is 0 Å². The number of nitrogens with zero attached hydrogens (tertiary/aromatic N) is 1. The van der Waals surface area contributed by atoms with Gasteiger partial charge in [0.1, 0.15) is 17.4 Å². The zero-order valence-corrected chi connectivity index (χ0v) is 16.1. The van der Waals surface area contributed by atoms with E-state index in [1.165, 1.54) is 36.4 Å². The molecule has 3 atom stereocenters. The van der Waals surface area contributed by atoms with Gasteiger partial charge in [0.15, 0.2) is 0 Å². The maximum absolute atomic E-state index is 13.3. The fraction of sp³-hybridized carbons (Fsp3) is 0.208. The summed E-state index contributed by atoms with van der Waals surface area (Å²) in [6, 6.07) is 17.7. The van der Waals surface area contributed by atoms with Crippen molar-refractivity contribution in [1.29, 1.82) is 0 Å². The fourth-order valence-corrected chi connectivity index (χ4v) is 3.96. The smallest absolute Gasteiger partial charge is 0.233 e. The van der Waals surface area contributed by atoms with Gasteiger partial charge in [-0.25, -0.2) is 8.78 Å². The molecule has 1 amide bonds. The molecule has 4 rings (SSSR count). The molecule has 1 saturated heterocycles. The van der Waals surface area contributed by atoms with E-state index in [-0.39, 0.29) is 35.3 Å². The summed E-state index contributed by atoms with van der Waals surface area (Å²) >= 11 is 0. The number of halogens is 2. The minimum atomic E-state index is -0.807. The summed E-state index contributed by atoms with van der Waals surface area (Å²) in [4.78, 5) is 14.6. The topological polar surface area (TPSA) is 60.8 Å². The first kappa shape index (κ1) is 20.0. The van der Waals surface area contributed by atoms with Crippen LogP contribution in [0.1, 0.15) is 36.1 Å². The van der Waals surface area contributed by atoms with Crippen molar-refractivity contribution in [1.82, 2.24) is 0 Å². The van der Waals surface area contributed by atoms with Crippen molar-refractivity contribution in [3.05, 3.63) is 95.6 Å². The van der Waals surface area contributed by atoms with E-state index in [1.54, 1.807) is 41.3 Å². The number of phenolic OH excluding ortho intramolecular Hbond substituents is 1. The van der Waals surface area contributed by atoms with Gasteiger partial charge in [-0.1, -0.05) is 24.3 Å². The lowest BCUT2D eigenvalue weighted by molar-refractivity contribution is -0.131. The largest absolute Gasteiger partial charge is 0.508 e. The Kier molecular flexibility index (Phi) is 5.50. The SMILES string of the molecule is O=C1C(CC[C@H](O)c2ccc(F)cc2)C(c2ccc(O)cc2)N1c1ccc(F)cc1. The maximum atomic E-state index is 13.3. The van der Waals surface area contributed by atoms with Crippen molar-refractivity contribution in [2.75, 3.05) is 4.90 Å². The van der Waals surface area contributed by atoms with E-state index in [9.17, 15) is 23.8 Å². The number of rotatable bonds is 6. The van der Waals surface area contributed by atoms with E-state index < -0.39 is 6.10 Å². The lowest BCUT2D eigenvalue weighted by Gasteiger charge is -2.48. The number of amides is 1. The molecule has 4 nitrogen and oxygen atoms in total. The molecule has 0 aliphatic carbocycles. The zero-order valence-electron chi connectivity index (χ0n) is 16.1. The van der Waals surface area contributed by atoms with Crippen LogP contribution in [-0.2, 0) is 4.79 Å². The summed E-state index contributed by atoms with van der Waals surface area (Å²) < 4.78 is 26.4. The van der Waals surface area contributed by atoms with Crippen molar-refractivity contribution >= 4 is 11.6 Å². The Labute approximate surface area is 173 Å². The van der Waals surface area contributed by atoms with Crippen molar-refractivity contribution < 1.29 is 23.8 Å². The van der Waals surface area contributed by atoms with E-state index in [4.69, 9.17) is 0 Å². The van der Waals surface area contributed by atoms with Crippen LogP contribution in [0.25, 0.3) is 0 Å². The summed E-state index contributed by atoms with van der Waals surface area (Å²) in [6.07, 6.45) is -0.0344. The monoisotopic (exact) mass is 409 g/mol. The Balaban J connectivity index is 1.55. The second-order valence-corrected chi connectivity index (χ2v) is 7.47. The maximum Gasteiger partial charge on any atom is 0.233 e. The predicted molar refractivity (Wildman–Crippen MR) is 109 cm³/mol. The molecule has 0 saturated carbocycles. The van der Waals surface area contributed by atoms with Crippen LogP contribution in [0.4, 0.5) is 14.5 Å². The molecule has 1 heterocycles. The average Bonchev–Trinajstić information content (AvgIpc) is 2.74. The molecule has 1 aliphatic heterocycles. The molecule has 0 bridgehead atoms. The van der Waals surface area contributed by atoms with Crippen LogP contribution in [0.2, 0.25) is 0 Å². The van der Waals surface area contributed by atoms with Crippen LogP contribution in [0.3, 0.4) is 0 Å². The van der Waals surface area contributed by atoms with Crippen molar-refractivity contribution in [3.8, 4) is 5.75 Å². The number of hydrogen-bond donors (Lipinski definition) is 2. The highest BCUT2D eigenvalue weighted by Crippen LogP contribution is 2.46. The number of aliphatic hydroxyl groups is 1. The quantitative estimate of drug-likeness (QED) is 0.570. The number of β-lactam (4-membered cyclic amide) rings is 1. The van der Waals surface area contributed by atoms with Gasteiger partial charge in [0.25, 0.3) is 0 Å². The van der Waals surface area contributed by atoms with Gasteiger partial charge in [-0.05, 0) is 72.5 Å². The third kappa shape index (κ3) is 3.91. The van der Waals surface area contributed by atoms with E-state index >= 15 is 0 Å². The molecule has 3 aromatic carbocycles. The minimum Gasteiger partial charge on any atom is -0.508 e. The highest BCUT2D eigenvalue weighted by Gasteiger charge is 2.48. The van der Waals surface area contributed by atoms with Crippen LogP contribution in [0.5, 0.6) is 5.75 Å². The first-order chi connectivity index (χ1) is 14.4. The normalized spacial score (nSPS) is 19.4. The number of aliphatic hydroxyl groups excluding tert-OH is 1. The Morgan fingerprint density at radius 2 is 1.43 bits per heavy atom. The van der Waals surface area contributed by atoms with E-state index in [0.29, 0.717) is 24.1 Å². The first-order valence-electron chi connectivity index (χ1n) is 9.75. The van der Waals surface area contributed by atoms with Gasteiger partial charge in [-0.3, -0.25) is 4.79 Å². The number of hydrogen-bond acceptors (Lipinski definition) is 3. The number of carbonyl (C=O) groups is 1. The molecule has 3 aromatic rings. The highest BCUT2D eigenvalue weighted by molar-refractivity contribution is 6.03. The molecule has 2 unspecified atom stereocenters. The lowest BCUT2D eigenvalue weighted by Crippen LogP contribution is -2.55. The molecule has 6 heteroatoms. The molecule has 30 heavy (non-hydrogen) atoms. The van der Waals surface area contributed by atoms with E-state index in [1.807, 2.05) is 0 Å². The van der Waals surface area contributed by atoms with Crippen molar-refractivity contribution in [2.45, 2.75) is 25.0 Å². The molecular weight excluding hydrogens is 388 g/mol. The number of aromatic hydroxyl groups is 1. The summed E-state index contributed by atoms with van der Waals surface area (Å²) in [7, 11) is 0. The Bertz CT molecular complexity index is 1020. The molecule has 1 aliphatic rings. The molecule has 1 fully saturated rings. The highest BCUT2D eigenvalue weighted by atomic mass is 19.1. The molecule has 0 aromatic heterocycles. The average molecular weight is 409 g/mol. The summed E-state index contributed by atoms with van der Waals surface area (Å²) in [6.45, 7) is 0. The summed E-state index contributed by atoms with van der Waals surface area (Å²) in [5, 5.41) is 20.1. The van der Waals surface area contributed by atoms with Crippen molar-refractivity contribution in [2.24, 2.45) is 5.92 Å². The Morgan fingerprint density at radius 1 is 0.867 bits per heavy atom. The summed E-state index contributed by atoms with van der Waals surface area (Å²) in [5.41, 5.74) is 2.03. The molecule has 2 N–H and O–H groups in total. The van der Waals surface area contributed by atoms with Crippen LogP contribution >= 0.6 is 0 Å². The predicted octanol–water partition coefficient (Wildman–Crippen LogP) is 4.89. The molecule has 154 valence electrons. The van der Waals surface area contributed by atoms with Gasteiger partial charge >= 0.3 is 0 Å². The van der Waals surface area contributed by atoms with Gasteiger partial charge in [-0.2, -0.15) is 0 Å².